The third kappa shape index (κ3) is 2.22. The van der Waals surface area contributed by atoms with Crippen LogP contribution in [0.25, 0.3) is 21.2 Å². The molecule has 1 amide bonds. The molecule has 3 heterocycles. The molecule has 0 unspecified atom stereocenters. The fourth-order valence-electron chi connectivity index (χ4n) is 2.04. The highest BCUT2D eigenvalue weighted by Crippen LogP contribution is 2.34. The molecule has 1 N–H and O–H groups in total. The van der Waals surface area contributed by atoms with Crippen LogP contribution >= 0.6 is 23.1 Å². The van der Waals surface area contributed by atoms with Crippen LogP contribution in [0.1, 0.15) is 0 Å². The molecule has 1 saturated heterocycles. The van der Waals surface area contributed by atoms with E-state index in [1.54, 1.807) is 18.2 Å². The van der Waals surface area contributed by atoms with E-state index in [1.165, 1.54) is 29.2 Å². The summed E-state index contributed by atoms with van der Waals surface area (Å²) in [7, 11) is 0. The first-order valence-electron chi connectivity index (χ1n) is 6.04. The maximum Gasteiger partial charge on any atom is 0.336 e. The van der Waals surface area contributed by atoms with Crippen molar-refractivity contribution in [1.82, 2.24) is 10.3 Å². The number of benzene rings is 1. The average Bonchev–Trinajstić information content (AvgIpc) is 3.04. The number of fused-ring (bicyclic) bond motifs is 3. The molecule has 1 aromatic carbocycles. The molecule has 1 fully saturated rings. The van der Waals surface area contributed by atoms with Gasteiger partial charge in [0.15, 0.2) is 5.17 Å². The van der Waals surface area contributed by atoms with Crippen LogP contribution in [-0.2, 0) is 4.79 Å². The van der Waals surface area contributed by atoms with Gasteiger partial charge in [-0.3, -0.25) is 4.79 Å². The Morgan fingerprint density at radius 3 is 2.95 bits per heavy atom. The molecule has 1 aliphatic heterocycles. The number of hydrogen-bond donors (Lipinski definition) is 1. The Hall–Kier alpha value is -2.19. The zero-order chi connectivity index (χ0) is 14.4. The summed E-state index contributed by atoms with van der Waals surface area (Å²) in [4.78, 5) is 31.1. The molecular weight excluding hydrogens is 310 g/mol. The summed E-state index contributed by atoms with van der Waals surface area (Å²) in [5, 5.41) is 4.63. The minimum absolute atomic E-state index is 0.0490. The third-order valence-corrected chi connectivity index (χ3v) is 4.80. The maximum absolute atomic E-state index is 11.2. The molecular formula is C13H7N3O3S2. The van der Waals surface area contributed by atoms with Crippen LogP contribution < -0.4 is 10.9 Å². The maximum atomic E-state index is 11.2. The predicted octanol–water partition coefficient (Wildman–Crippen LogP) is 2.25. The van der Waals surface area contributed by atoms with Gasteiger partial charge in [-0.05, 0) is 18.2 Å². The number of carbonyl (C=O) groups excluding carboxylic acids is 1. The van der Waals surface area contributed by atoms with Crippen molar-refractivity contribution in [3.05, 3.63) is 34.7 Å². The standard InChI is InChI=1S/C13H7N3O3S2/c17-9-5-20-12(15-9)16-13-14-7-2-3-8-6(11(7)21-13)1-4-10(18)19-8/h1-4H,5H2,(H,14,15,16,17). The summed E-state index contributed by atoms with van der Waals surface area (Å²) in [5.74, 6) is 0.338. The van der Waals surface area contributed by atoms with Gasteiger partial charge in [0.05, 0.1) is 16.0 Å². The van der Waals surface area contributed by atoms with E-state index >= 15 is 0 Å². The summed E-state index contributed by atoms with van der Waals surface area (Å²) in [6.07, 6.45) is 0. The summed E-state index contributed by atoms with van der Waals surface area (Å²) in [6, 6.07) is 6.63. The minimum atomic E-state index is -0.378. The molecule has 2 aromatic heterocycles. The number of nitrogens with zero attached hydrogens (tertiary/aromatic N) is 2. The molecule has 0 spiro atoms. The SMILES string of the molecule is O=C1CS/C(=N/c2nc3ccc4oc(=O)ccc4c3s2)N1. The van der Waals surface area contributed by atoms with Crippen molar-refractivity contribution in [3.63, 3.8) is 0 Å². The minimum Gasteiger partial charge on any atom is -0.423 e. The normalized spacial score (nSPS) is 17.0. The molecule has 0 aliphatic carbocycles. The van der Waals surface area contributed by atoms with Crippen molar-refractivity contribution in [1.29, 1.82) is 0 Å². The summed E-state index contributed by atoms with van der Waals surface area (Å²) >= 11 is 2.75. The second-order valence-electron chi connectivity index (χ2n) is 4.33. The van der Waals surface area contributed by atoms with Crippen LogP contribution in [0.15, 0.2) is 38.5 Å². The second kappa shape index (κ2) is 4.68. The lowest BCUT2D eigenvalue weighted by molar-refractivity contribution is -0.116. The van der Waals surface area contributed by atoms with E-state index in [-0.39, 0.29) is 11.5 Å². The topological polar surface area (TPSA) is 84.6 Å². The van der Waals surface area contributed by atoms with Crippen LogP contribution in [0.4, 0.5) is 5.13 Å². The highest BCUT2D eigenvalue weighted by Gasteiger charge is 2.17. The molecule has 1 aliphatic rings. The molecule has 6 nitrogen and oxygen atoms in total. The molecule has 0 atom stereocenters. The zero-order valence-corrected chi connectivity index (χ0v) is 12.1. The summed E-state index contributed by atoms with van der Waals surface area (Å²) in [5.41, 5.74) is 0.938. The molecule has 21 heavy (non-hydrogen) atoms. The van der Waals surface area contributed by atoms with Crippen molar-refractivity contribution < 1.29 is 9.21 Å². The van der Waals surface area contributed by atoms with Crippen LogP contribution in [0.2, 0.25) is 0 Å². The highest BCUT2D eigenvalue weighted by molar-refractivity contribution is 8.15. The number of amides is 1. The number of rotatable bonds is 1. The van der Waals surface area contributed by atoms with Gasteiger partial charge in [-0.25, -0.2) is 9.78 Å². The van der Waals surface area contributed by atoms with Gasteiger partial charge in [0, 0.05) is 11.5 Å². The van der Waals surface area contributed by atoms with Crippen molar-refractivity contribution >= 4 is 60.5 Å². The molecule has 3 aromatic rings. The first-order chi connectivity index (χ1) is 10.2. The van der Waals surface area contributed by atoms with Gasteiger partial charge in [0.25, 0.3) is 0 Å². The summed E-state index contributed by atoms with van der Waals surface area (Å²) in [6.45, 7) is 0. The number of amidine groups is 1. The van der Waals surface area contributed by atoms with E-state index in [4.69, 9.17) is 4.42 Å². The van der Waals surface area contributed by atoms with E-state index in [0.29, 0.717) is 21.6 Å². The molecule has 104 valence electrons. The lowest BCUT2D eigenvalue weighted by Gasteiger charge is -1.95. The number of thiazole rings is 1. The fourth-order valence-corrected chi connectivity index (χ4v) is 3.74. The Balaban J connectivity index is 1.88. The van der Waals surface area contributed by atoms with E-state index in [2.05, 4.69) is 15.3 Å². The lowest BCUT2D eigenvalue weighted by Crippen LogP contribution is -2.19. The van der Waals surface area contributed by atoms with Crippen molar-refractivity contribution in [2.24, 2.45) is 4.99 Å². The van der Waals surface area contributed by atoms with Crippen LogP contribution in [-0.4, -0.2) is 21.8 Å². The van der Waals surface area contributed by atoms with Gasteiger partial charge < -0.3 is 9.73 Å². The van der Waals surface area contributed by atoms with Crippen LogP contribution in [0, 0.1) is 0 Å². The quantitative estimate of drug-likeness (QED) is 0.696. The van der Waals surface area contributed by atoms with E-state index in [0.717, 1.165) is 15.6 Å². The molecule has 0 bridgehead atoms. The fraction of sp³-hybridized carbons (Fsp3) is 0.0769. The first kappa shape index (κ1) is 12.5. The summed E-state index contributed by atoms with van der Waals surface area (Å²) < 4.78 is 6.06. The van der Waals surface area contributed by atoms with Crippen molar-refractivity contribution in [2.45, 2.75) is 0 Å². The molecule has 0 radical (unpaired) electrons. The van der Waals surface area contributed by atoms with Crippen molar-refractivity contribution in [2.75, 3.05) is 5.75 Å². The lowest BCUT2D eigenvalue weighted by atomic mass is 10.2. The Labute approximate surface area is 125 Å². The largest absolute Gasteiger partial charge is 0.423 e. The van der Waals surface area contributed by atoms with Gasteiger partial charge in [-0.1, -0.05) is 23.1 Å². The Kier molecular flexibility index (Phi) is 2.79. The smallest absolute Gasteiger partial charge is 0.336 e. The van der Waals surface area contributed by atoms with Crippen LogP contribution in [0.5, 0.6) is 0 Å². The second-order valence-corrected chi connectivity index (χ2v) is 6.27. The Morgan fingerprint density at radius 1 is 1.24 bits per heavy atom. The Morgan fingerprint density at radius 2 is 2.14 bits per heavy atom. The van der Waals surface area contributed by atoms with Gasteiger partial charge in [0.1, 0.15) is 5.58 Å². The number of nitrogens with one attached hydrogen (secondary N) is 1. The number of hydrogen-bond acceptors (Lipinski definition) is 7. The number of carbonyl (C=O) groups is 1. The monoisotopic (exact) mass is 317 g/mol. The average molecular weight is 317 g/mol. The van der Waals surface area contributed by atoms with Gasteiger partial charge in [0.2, 0.25) is 11.0 Å². The molecule has 4 rings (SSSR count). The predicted molar refractivity (Wildman–Crippen MR) is 83.4 cm³/mol. The molecule has 8 heteroatoms. The van der Waals surface area contributed by atoms with E-state index < -0.39 is 0 Å². The van der Waals surface area contributed by atoms with Gasteiger partial charge in [-0.15, -0.1) is 0 Å². The van der Waals surface area contributed by atoms with Gasteiger partial charge in [-0.2, -0.15) is 4.99 Å². The van der Waals surface area contributed by atoms with E-state index in [9.17, 15) is 9.59 Å². The first-order valence-corrected chi connectivity index (χ1v) is 7.84. The van der Waals surface area contributed by atoms with Crippen molar-refractivity contribution in [3.8, 4) is 0 Å². The number of aliphatic imine (C=N–C) groups is 1. The van der Waals surface area contributed by atoms with Crippen LogP contribution in [0.3, 0.4) is 0 Å². The highest BCUT2D eigenvalue weighted by atomic mass is 32.2. The Bertz CT molecular complexity index is 974. The number of aromatic nitrogens is 1. The molecule has 0 saturated carbocycles. The number of thioether (sulfide) groups is 1. The van der Waals surface area contributed by atoms with E-state index in [1.807, 2.05) is 0 Å². The zero-order valence-electron chi connectivity index (χ0n) is 10.5. The third-order valence-electron chi connectivity index (χ3n) is 2.92. The van der Waals surface area contributed by atoms with Gasteiger partial charge >= 0.3 is 5.63 Å².